The maximum Gasteiger partial charge on any atom is 0.183 e. The van der Waals surface area contributed by atoms with E-state index < -0.39 is 8.32 Å². The van der Waals surface area contributed by atoms with Gasteiger partial charge in [0.05, 0.1) is 10.7 Å². The summed E-state index contributed by atoms with van der Waals surface area (Å²) in [6.45, 7) is 19.2. The van der Waals surface area contributed by atoms with Crippen molar-refractivity contribution in [3.05, 3.63) is 0 Å². The molecule has 0 aromatic carbocycles. The van der Waals surface area contributed by atoms with Crippen molar-refractivity contribution in [1.82, 2.24) is 0 Å². The van der Waals surface area contributed by atoms with Gasteiger partial charge in [0.2, 0.25) is 0 Å². The molecule has 0 unspecified atom stereocenters. The van der Waals surface area contributed by atoms with Gasteiger partial charge in [0.25, 0.3) is 0 Å². The zero-order valence-corrected chi connectivity index (χ0v) is 16.1. The van der Waals surface area contributed by atoms with E-state index in [0.717, 1.165) is 18.4 Å². The Morgan fingerprint density at radius 3 is 1.61 bits per heavy atom. The van der Waals surface area contributed by atoms with Gasteiger partial charge in [-0.2, -0.15) is 0 Å². The minimum atomic E-state index is -1.41. The van der Waals surface area contributed by atoms with Crippen molar-refractivity contribution in [2.75, 3.05) is 18.1 Å². The fourth-order valence-corrected chi connectivity index (χ4v) is 4.49. The molecule has 1 nitrogen and oxygen atoms in total. The number of thioether (sulfide) groups is 2. The van der Waals surface area contributed by atoms with Crippen molar-refractivity contribution >= 4 is 31.8 Å². The van der Waals surface area contributed by atoms with Crippen molar-refractivity contribution < 1.29 is 4.43 Å². The summed E-state index contributed by atoms with van der Waals surface area (Å²) in [4.78, 5) is 0. The third kappa shape index (κ3) is 10.8. The molecule has 18 heavy (non-hydrogen) atoms. The Morgan fingerprint density at radius 1 is 0.944 bits per heavy atom. The molecule has 0 saturated heterocycles. The van der Waals surface area contributed by atoms with Crippen LogP contribution in [-0.2, 0) is 4.43 Å². The number of rotatable bonds is 9. The predicted octanol–water partition coefficient (Wildman–Crippen LogP) is 5.33. The van der Waals surface area contributed by atoms with Crippen LogP contribution in [0, 0.1) is 11.8 Å². The summed E-state index contributed by atoms with van der Waals surface area (Å²) in [6.07, 6.45) is 0. The van der Waals surface area contributed by atoms with Gasteiger partial charge in [-0.1, -0.05) is 27.7 Å². The molecule has 0 aliphatic carbocycles. The average Bonchev–Trinajstić information content (AvgIpc) is 2.20. The quantitative estimate of drug-likeness (QED) is 0.421. The van der Waals surface area contributed by atoms with Crippen LogP contribution in [0.15, 0.2) is 0 Å². The molecule has 4 heteroatoms. The van der Waals surface area contributed by atoms with E-state index in [0.29, 0.717) is 0 Å². The molecule has 0 fully saturated rings. The van der Waals surface area contributed by atoms with Crippen molar-refractivity contribution in [2.45, 2.75) is 58.3 Å². The van der Waals surface area contributed by atoms with E-state index in [1.165, 1.54) is 11.5 Å². The second kappa shape index (κ2) is 8.23. The van der Waals surface area contributed by atoms with Crippen LogP contribution in [0.3, 0.4) is 0 Å². The topological polar surface area (TPSA) is 9.23 Å². The maximum absolute atomic E-state index is 6.16. The molecule has 0 rings (SSSR count). The molecule has 0 N–H and O–H groups in total. The summed E-state index contributed by atoms with van der Waals surface area (Å²) in [5.41, 5.74) is 0. The molecule has 0 aliphatic heterocycles. The van der Waals surface area contributed by atoms with Crippen molar-refractivity contribution in [3.8, 4) is 0 Å². The molecule has 0 aliphatic rings. The third-order valence-electron chi connectivity index (χ3n) is 2.21. The smallest absolute Gasteiger partial charge is 0.183 e. The lowest BCUT2D eigenvalue weighted by molar-refractivity contribution is 0.306. The van der Waals surface area contributed by atoms with Gasteiger partial charge < -0.3 is 4.43 Å². The van der Waals surface area contributed by atoms with Crippen LogP contribution in [0.25, 0.3) is 0 Å². The monoisotopic (exact) mass is 308 g/mol. The molecule has 0 saturated carbocycles. The van der Waals surface area contributed by atoms with Gasteiger partial charge in [-0.25, -0.2) is 0 Å². The van der Waals surface area contributed by atoms with Gasteiger partial charge in [-0.15, -0.1) is 23.5 Å². The first-order chi connectivity index (χ1) is 8.04. The summed E-state index contributed by atoms with van der Waals surface area (Å²) < 4.78 is 6.37. The Balaban J connectivity index is 4.38. The van der Waals surface area contributed by atoms with E-state index in [1.807, 2.05) is 0 Å². The number of hydrogen-bond donors (Lipinski definition) is 0. The van der Waals surface area contributed by atoms with Crippen LogP contribution >= 0.6 is 23.5 Å². The Morgan fingerprint density at radius 2 is 1.33 bits per heavy atom. The summed E-state index contributed by atoms with van der Waals surface area (Å²) in [7, 11) is -1.41. The molecular formula is C14H32OS2Si. The summed E-state index contributed by atoms with van der Waals surface area (Å²) in [6, 6.07) is 0. The molecule has 0 spiro atoms. The van der Waals surface area contributed by atoms with Crippen molar-refractivity contribution in [3.63, 3.8) is 0 Å². The fourth-order valence-electron chi connectivity index (χ4n) is 1.16. The van der Waals surface area contributed by atoms with Crippen LogP contribution in [-0.4, -0.2) is 30.5 Å². The molecule has 0 radical (unpaired) electrons. The van der Waals surface area contributed by atoms with E-state index in [4.69, 9.17) is 4.43 Å². The summed E-state index contributed by atoms with van der Waals surface area (Å²) in [5, 5.41) is 0. The minimum absolute atomic E-state index is 0.217. The lowest BCUT2D eigenvalue weighted by Gasteiger charge is -2.32. The van der Waals surface area contributed by atoms with Gasteiger partial charge in [0.15, 0.2) is 8.32 Å². The minimum Gasteiger partial charge on any atom is -0.415 e. The van der Waals surface area contributed by atoms with Crippen LogP contribution in [0.1, 0.15) is 34.6 Å². The Kier molecular flexibility index (Phi) is 8.63. The Labute approximate surface area is 124 Å². The highest BCUT2D eigenvalue weighted by Crippen LogP contribution is 2.39. The van der Waals surface area contributed by atoms with Crippen molar-refractivity contribution in [2.24, 2.45) is 11.8 Å². The average molecular weight is 309 g/mol. The zero-order chi connectivity index (χ0) is 14.4. The van der Waals surface area contributed by atoms with E-state index in [2.05, 4.69) is 77.8 Å². The predicted molar refractivity (Wildman–Crippen MR) is 92.3 cm³/mol. The van der Waals surface area contributed by atoms with Gasteiger partial charge in [0, 0.05) is 0 Å². The molecule has 0 atom stereocenters. The molecular weight excluding hydrogens is 276 g/mol. The molecule has 0 bridgehead atoms. The highest BCUT2D eigenvalue weighted by molar-refractivity contribution is 8.18. The van der Waals surface area contributed by atoms with Gasteiger partial charge in [0.1, 0.15) is 0 Å². The first-order valence-electron chi connectivity index (χ1n) is 6.96. The lowest BCUT2D eigenvalue weighted by atomic mass is 10.3. The SMILES string of the molecule is CC(C)CSC(C)(CO[Si](C)(C)C)SCC(C)C. The summed E-state index contributed by atoms with van der Waals surface area (Å²) in [5.74, 6) is 3.94. The standard InChI is InChI=1S/C14H32OS2Si/c1-12(2)9-16-14(5,17-10-13(3)4)11-15-18(6,7)8/h12-13H,9-11H2,1-8H3. The fraction of sp³-hybridized carbons (Fsp3) is 1.00. The van der Waals surface area contributed by atoms with Crippen LogP contribution in [0.4, 0.5) is 0 Å². The van der Waals surface area contributed by atoms with Gasteiger partial charge >= 0.3 is 0 Å². The third-order valence-corrected chi connectivity index (χ3v) is 7.05. The second-order valence-electron chi connectivity index (χ2n) is 6.94. The highest BCUT2D eigenvalue weighted by Gasteiger charge is 2.29. The Hall–Kier alpha value is 0.877. The first-order valence-corrected chi connectivity index (χ1v) is 12.3. The lowest BCUT2D eigenvalue weighted by Crippen LogP contribution is -2.34. The molecule has 0 aromatic heterocycles. The molecule has 110 valence electrons. The van der Waals surface area contributed by atoms with E-state index in [-0.39, 0.29) is 4.08 Å². The molecule has 0 aromatic rings. The molecule has 0 heterocycles. The normalized spacial score (nSPS) is 13.7. The number of hydrogen-bond acceptors (Lipinski definition) is 3. The van der Waals surface area contributed by atoms with Crippen molar-refractivity contribution in [1.29, 1.82) is 0 Å². The highest BCUT2D eigenvalue weighted by atomic mass is 32.2. The maximum atomic E-state index is 6.16. The first kappa shape index (κ1) is 18.9. The van der Waals surface area contributed by atoms with Gasteiger partial charge in [-0.3, -0.25) is 0 Å². The van der Waals surface area contributed by atoms with Gasteiger partial charge in [-0.05, 0) is 49.9 Å². The van der Waals surface area contributed by atoms with E-state index in [1.54, 1.807) is 0 Å². The molecule has 0 amide bonds. The second-order valence-corrected chi connectivity index (χ2v) is 14.8. The van der Waals surface area contributed by atoms with Crippen LogP contribution in [0.5, 0.6) is 0 Å². The van der Waals surface area contributed by atoms with Crippen LogP contribution < -0.4 is 0 Å². The largest absolute Gasteiger partial charge is 0.415 e. The van der Waals surface area contributed by atoms with E-state index >= 15 is 0 Å². The summed E-state index contributed by atoms with van der Waals surface area (Å²) >= 11 is 4.15. The Bertz CT molecular complexity index is 212. The van der Waals surface area contributed by atoms with Crippen LogP contribution in [0.2, 0.25) is 19.6 Å². The van der Waals surface area contributed by atoms with E-state index in [9.17, 15) is 0 Å². The zero-order valence-electron chi connectivity index (χ0n) is 13.5.